The van der Waals surface area contributed by atoms with Gasteiger partial charge in [-0.15, -0.1) is 0 Å². The van der Waals surface area contributed by atoms with E-state index in [1.54, 1.807) is 12.1 Å². The normalized spacial score (nSPS) is 13.4. The zero-order valence-corrected chi connectivity index (χ0v) is 18.1. The van der Waals surface area contributed by atoms with Crippen LogP contribution < -0.4 is 25.0 Å². The standard InChI is InChI=1S/C21H25N3O6S/c1-3-12-30-18-11-6-15(13-19(18)29-2)21(26)23-22-20(25)14-4-9-17(10-5-14)31(27,28)24-16-7-8-16/h4-6,9-11,13,16,24H,3,7-8,12H2,1-2H3,(H,22,25)(H,23,26). The van der Waals surface area contributed by atoms with E-state index in [4.69, 9.17) is 9.47 Å². The Morgan fingerprint density at radius 1 is 0.968 bits per heavy atom. The largest absolute Gasteiger partial charge is 0.493 e. The van der Waals surface area contributed by atoms with Gasteiger partial charge in [0.25, 0.3) is 11.8 Å². The van der Waals surface area contributed by atoms with E-state index in [2.05, 4.69) is 15.6 Å². The molecule has 31 heavy (non-hydrogen) atoms. The summed E-state index contributed by atoms with van der Waals surface area (Å²) in [7, 11) is -2.12. The Bertz CT molecular complexity index is 1050. The lowest BCUT2D eigenvalue weighted by molar-refractivity contribution is 0.0846. The first kappa shape index (κ1) is 22.6. The minimum atomic E-state index is -3.59. The Morgan fingerprint density at radius 2 is 1.58 bits per heavy atom. The van der Waals surface area contributed by atoms with Gasteiger partial charge in [-0.3, -0.25) is 20.4 Å². The molecule has 166 valence electrons. The van der Waals surface area contributed by atoms with Gasteiger partial charge in [0.05, 0.1) is 18.6 Å². The summed E-state index contributed by atoms with van der Waals surface area (Å²) >= 11 is 0. The van der Waals surface area contributed by atoms with Crippen LogP contribution >= 0.6 is 0 Å². The average molecular weight is 448 g/mol. The molecule has 0 heterocycles. The van der Waals surface area contributed by atoms with Crippen LogP contribution in [0, 0.1) is 0 Å². The molecule has 1 aliphatic rings. The van der Waals surface area contributed by atoms with Crippen LogP contribution in [0.3, 0.4) is 0 Å². The molecule has 1 saturated carbocycles. The fraction of sp³-hybridized carbons (Fsp3) is 0.333. The third kappa shape index (κ3) is 5.96. The molecule has 1 aliphatic carbocycles. The van der Waals surface area contributed by atoms with Gasteiger partial charge >= 0.3 is 0 Å². The number of carbonyl (C=O) groups excluding carboxylic acids is 2. The third-order valence-electron chi connectivity index (χ3n) is 4.50. The molecule has 0 saturated heterocycles. The smallest absolute Gasteiger partial charge is 0.269 e. The molecule has 0 radical (unpaired) electrons. The van der Waals surface area contributed by atoms with Crippen LogP contribution in [0.2, 0.25) is 0 Å². The molecule has 1 fully saturated rings. The van der Waals surface area contributed by atoms with Gasteiger partial charge in [-0.2, -0.15) is 0 Å². The minimum Gasteiger partial charge on any atom is -0.493 e. The first-order valence-corrected chi connectivity index (χ1v) is 11.4. The number of methoxy groups -OCH3 is 1. The topological polar surface area (TPSA) is 123 Å². The number of carbonyl (C=O) groups is 2. The summed E-state index contributed by atoms with van der Waals surface area (Å²) < 4.78 is 37.7. The molecule has 0 bridgehead atoms. The van der Waals surface area contributed by atoms with Crippen LogP contribution in [0.5, 0.6) is 11.5 Å². The maximum Gasteiger partial charge on any atom is 0.269 e. The van der Waals surface area contributed by atoms with Crippen molar-refractivity contribution in [3.8, 4) is 11.5 Å². The van der Waals surface area contributed by atoms with Gasteiger partial charge in [0, 0.05) is 17.2 Å². The van der Waals surface area contributed by atoms with Gasteiger partial charge in [0.1, 0.15) is 0 Å². The molecule has 0 aliphatic heterocycles. The molecule has 2 aromatic rings. The van der Waals surface area contributed by atoms with Crippen LogP contribution in [-0.4, -0.2) is 40.0 Å². The highest BCUT2D eigenvalue weighted by atomic mass is 32.2. The van der Waals surface area contributed by atoms with Crippen molar-refractivity contribution in [2.24, 2.45) is 0 Å². The monoisotopic (exact) mass is 447 g/mol. The molecule has 9 nitrogen and oxygen atoms in total. The lowest BCUT2D eigenvalue weighted by Crippen LogP contribution is -2.41. The molecule has 3 N–H and O–H groups in total. The van der Waals surface area contributed by atoms with E-state index >= 15 is 0 Å². The number of amides is 2. The summed E-state index contributed by atoms with van der Waals surface area (Å²) in [6.45, 7) is 2.50. The quantitative estimate of drug-likeness (QED) is 0.505. The predicted octanol–water partition coefficient (Wildman–Crippen LogP) is 2.00. The number of nitrogens with one attached hydrogen (secondary N) is 3. The van der Waals surface area contributed by atoms with Gasteiger partial charge in [0.2, 0.25) is 10.0 Å². The van der Waals surface area contributed by atoms with Crippen LogP contribution in [0.4, 0.5) is 0 Å². The summed E-state index contributed by atoms with van der Waals surface area (Å²) in [5, 5.41) is 0. The Balaban J connectivity index is 1.59. The summed E-state index contributed by atoms with van der Waals surface area (Å²) in [4.78, 5) is 24.7. The van der Waals surface area contributed by atoms with Crippen molar-refractivity contribution in [2.75, 3.05) is 13.7 Å². The second-order valence-corrected chi connectivity index (χ2v) is 8.76. The zero-order chi connectivity index (χ0) is 22.4. The summed E-state index contributed by atoms with van der Waals surface area (Å²) in [5.41, 5.74) is 5.11. The molecule has 0 spiro atoms. The average Bonchev–Trinajstić information content (AvgIpc) is 3.59. The van der Waals surface area contributed by atoms with E-state index in [-0.39, 0.29) is 22.1 Å². The first-order chi connectivity index (χ1) is 14.8. The van der Waals surface area contributed by atoms with Crippen molar-refractivity contribution in [3.05, 3.63) is 53.6 Å². The molecular weight excluding hydrogens is 422 g/mol. The lowest BCUT2D eigenvalue weighted by Gasteiger charge is -2.12. The van der Waals surface area contributed by atoms with E-state index in [0.29, 0.717) is 18.1 Å². The first-order valence-electron chi connectivity index (χ1n) is 9.88. The van der Waals surface area contributed by atoms with Crippen LogP contribution in [0.15, 0.2) is 47.4 Å². The second kappa shape index (κ2) is 9.80. The Morgan fingerprint density at radius 3 is 2.16 bits per heavy atom. The SMILES string of the molecule is CCCOc1ccc(C(=O)NNC(=O)c2ccc(S(=O)(=O)NC3CC3)cc2)cc1OC. The molecule has 3 rings (SSSR count). The number of hydrogen-bond acceptors (Lipinski definition) is 6. The lowest BCUT2D eigenvalue weighted by atomic mass is 10.2. The molecule has 2 aromatic carbocycles. The highest BCUT2D eigenvalue weighted by molar-refractivity contribution is 7.89. The van der Waals surface area contributed by atoms with Crippen molar-refractivity contribution in [2.45, 2.75) is 37.1 Å². The number of ether oxygens (including phenoxy) is 2. The van der Waals surface area contributed by atoms with Crippen LogP contribution in [-0.2, 0) is 10.0 Å². The van der Waals surface area contributed by atoms with E-state index in [0.717, 1.165) is 19.3 Å². The van der Waals surface area contributed by atoms with Crippen molar-refractivity contribution in [1.82, 2.24) is 15.6 Å². The summed E-state index contributed by atoms with van der Waals surface area (Å²) in [6, 6.07) is 10.1. The zero-order valence-electron chi connectivity index (χ0n) is 17.3. The fourth-order valence-corrected chi connectivity index (χ4v) is 3.98. The van der Waals surface area contributed by atoms with Gasteiger partial charge in [-0.1, -0.05) is 6.92 Å². The Kier molecular flexibility index (Phi) is 7.13. The third-order valence-corrected chi connectivity index (χ3v) is 6.04. The van der Waals surface area contributed by atoms with E-state index < -0.39 is 21.8 Å². The molecule has 0 aromatic heterocycles. The van der Waals surface area contributed by atoms with E-state index in [9.17, 15) is 18.0 Å². The maximum absolute atomic E-state index is 12.4. The van der Waals surface area contributed by atoms with Crippen LogP contribution in [0.25, 0.3) is 0 Å². The Hall–Kier alpha value is -3.11. The van der Waals surface area contributed by atoms with Gasteiger partial charge in [-0.05, 0) is 61.7 Å². The fourth-order valence-electron chi connectivity index (χ4n) is 2.67. The second-order valence-electron chi connectivity index (χ2n) is 7.04. The Labute approximate surface area is 181 Å². The highest BCUT2D eigenvalue weighted by Gasteiger charge is 2.28. The number of sulfonamides is 1. The number of rotatable bonds is 9. The van der Waals surface area contributed by atoms with E-state index in [1.165, 1.54) is 37.4 Å². The minimum absolute atomic E-state index is 0.00548. The van der Waals surface area contributed by atoms with Gasteiger partial charge in [0.15, 0.2) is 11.5 Å². The highest BCUT2D eigenvalue weighted by Crippen LogP contribution is 2.28. The van der Waals surface area contributed by atoms with Crippen molar-refractivity contribution in [1.29, 1.82) is 0 Å². The number of hydrazine groups is 1. The van der Waals surface area contributed by atoms with Crippen LogP contribution in [0.1, 0.15) is 46.9 Å². The van der Waals surface area contributed by atoms with E-state index in [1.807, 2.05) is 6.92 Å². The summed E-state index contributed by atoms with van der Waals surface area (Å²) in [5.74, 6) is -0.191. The van der Waals surface area contributed by atoms with Crippen molar-refractivity contribution < 1.29 is 27.5 Å². The number of hydrogen-bond donors (Lipinski definition) is 3. The number of benzene rings is 2. The maximum atomic E-state index is 12.4. The molecule has 2 amide bonds. The summed E-state index contributed by atoms with van der Waals surface area (Å²) in [6.07, 6.45) is 2.50. The molecule has 0 atom stereocenters. The van der Waals surface area contributed by atoms with Gasteiger partial charge < -0.3 is 9.47 Å². The van der Waals surface area contributed by atoms with Crippen molar-refractivity contribution >= 4 is 21.8 Å². The molecule has 0 unspecified atom stereocenters. The predicted molar refractivity (Wildman–Crippen MR) is 113 cm³/mol. The molecular formula is C21H25N3O6S. The molecule has 10 heteroatoms. The van der Waals surface area contributed by atoms with Crippen molar-refractivity contribution in [3.63, 3.8) is 0 Å². The van der Waals surface area contributed by atoms with Gasteiger partial charge in [-0.25, -0.2) is 13.1 Å².